The highest BCUT2D eigenvalue weighted by molar-refractivity contribution is 5.15. The SMILES string of the molecule is CCC(OC)c1[c]cccc1. The molecule has 0 saturated heterocycles. The first-order valence-electron chi connectivity index (χ1n) is 3.88. The van der Waals surface area contributed by atoms with E-state index in [9.17, 15) is 0 Å². The van der Waals surface area contributed by atoms with E-state index >= 15 is 0 Å². The molecule has 1 atom stereocenters. The third-order valence-corrected chi connectivity index (χ3v) is 1.74. The molecule has 11 heavy (non-hydrogen) atoms. The van der Waals surface area contributed by atoms with Gasteiger partial charge in [0.25, 0.3) is 0 Å². The molecule has 1 radical (unpaired) electrons. The number of rotatable bonds is 3. The zero-order valence-corrected chi connectivity index (χ0v) is 7.00. The van der Waals surface area contributed by atoms with Gasteiger partial charge in [0.2, 0.25) is 0 Å². The second-order valence-electron chi connectivity index (χ2n) is 2.45. The third kappa shape index (κ3) is 2.05. The molecule has 0 saturated carbocycles. The third-order valence-electron chi connectivity index (χ3n) is 1.74. The number of hydrogen-bond acceptors (Lipinski definition) is 1. The van der Waals surface area contributed by atoms with E-state index in [0.717, 1.165) is 12.0 Å². The minimum absolute atomic E-state index is 0.205. The Balaban J connectivity index is 2.74. The van der Waals surface area contributed by atoms with Crippen LogP contribution in [0.4, 0.5) is 0 Å². The largest absolute Gasteiger partial charge is 0.377 e. The zero-order chi connectivity index (χ0) is 8.10. The summed E-state index contributed by atoms with van der Waals surface area (Å²) in [6, 6.07) is 11.1. The van der Waals surface area contributed by atoms with Crippen molar-refractivity contribution in [1.82, 2.24) is 0 Å². The smallest absolute Gasteiger partial charge is 0.0824 e. The highest BCUT2D eigenvalue weighted by Crippen LogP contribution is 2.18. The predicted octanol–water partition coefficient (Wildman–Crippen LogP) is 2.58. The monoisotopic (exact) mass is 149 g/mol. The van der Waals surface area contributed by atoms with Crippen LogP contribution < -0.4 is 0 Å². The first kappa shape index (κ1) is 8.28. The van der Waals surface area contributed by atoms with Gasteiger partial charge in [0.05, 0.1) is 6.10 Å². The number of ether oxygens (including phenoxy) is 1. The summed E-state index contributed by atoms with van der Waals surface area (Å²) in [5.74, 6) is 0. The minimum Gasteiger partial charge on any atom is -0.377 e. The molecule has 59 valence electrons. The standard InChI is InChI=1S/C10H13O/c1-3-10(11-2)9-7-5-4-6-8-9/h4-7,10H,3H2,1-2H3. The lowest BCUT2D eigenvalue weighted by atomic mass is 10.1. The molecule has 0 bridgehead atoms. The first-order valence-corrected chi connectivity index (χ1v) is 3.88. The van der Waals surface area contributed by atoms with Gasteiger partial charge in [-0.15, -0.1) is 0 Å². The summed E-state index contributed by atoms with van der Waals surface area (Å²) in [5.41, 5.74) is 1.14. The number of methoxy groups -OCH3 is 1. The van der Waals surface area contributed by atoms with Crippen LogP contribution in [0, 0.1) is 6.07 Å². The van der Waals surface area contributed by atoms with Crippen molar-refractivity contribution in [3.63, 3.8) is 0 Å². The number of hydrogen-bond donors (Lipinski definition) is 0. The van der Waals surface area contributed by atoms with Crippen molar-refractivity contribution in [2.24, 2.45) is 0 Å². The topological polar surface area (TPSA) is 9.23 Å². The van der Waals surface area contributed by atoms with E-state index in [1.54, 1.807) is 7.11 Å². The van der Waals surface area contributed by atoms with Crippen molar-refractivity contribution in [3.05, 3.63) is 35.9 Å². The highest BCUT2D eigenvalue weighted by atomic mass is 16.5. The molecule has 1 aromatic rings. The Hall–Kier alpha value is -0.820. The highest BCUT2D eigenvalue weighted by Gasteiger charge is 2.05. The van der Waals surface area contributed by atoms with Crippen molar-refractivity contribution in [1.29, 1.82) is 0 Å². The van der Waals surface area contributed by atoms with Gasteiger partial charge in [-0.1, -0.05) is 31.2 Å². The summed E-state index contributed by atoms with van der Waals surface area (Å²) in [6.45, 7) is 2.11. The van der Waals surface area contributed by atoms with E-state index < -0.39 is 0 Å². The Morgan fingerprint density at radius 2 is 2.36 bits per heavy atom. The van der Waals surface area contributed by atoms with Crippen LogP contribution in [0.5, 0.6) is 0 Å². The molecular weight excluding hydrogens is 136 g/mol. The van der Waals surface area contributed by atoms with E-state index in [0.29, 0.717) is 0 Å². The van der Waals surface area contributed by atoms with Gasteiger partial charge >= 0.3 is 0 Å². The summed E-state index contributed by atoms with van der Waals surface area (Å²) in [6.07, 6.45) is 1.20. The van der Waals surface area contributed by atoms with Crippen molar-refractivity contribution in [2.45, 2.75) is 19.4 Å². The summed E-state index contributed by atoms with van der Waals surface area (Å²) in [4.78, 5) is 0. The normalized spacial score (nSPS) is 12.9. The molecule has 0 aliphatic heterocycles. The lowest BCUT2D eigenvalue weighted by molar-refractivity contribution is 0.0998. The fourth-order valence-corrected chi connectivity index (χ4v) is 1.12. The second-order valence-corrected chi connectivity index (χ2v) is 2.45. The molecule has 1 nitrogen and oxygen atoms in total. The van der Waals surface area contributed by atoms with E-state index in [-0.39, 0.29) is 6.10 Å². The maximum absolute atomic E-state index is 5.25. The van der Waals surface area contributed by atoms with Crippen molar-refractivity contribution in [3.8, 4) is 0 Å². The van der Waals surface area contributed by atoms with E-state index in [2.05, 4.69) is 13.0 Å². The fourth-order valence-electron chi connectivity index (χ4n) is 1.12. The van der Waals surface area contributed by atoms with Crippen LogP contribution in [-0.4, -0.2) is 7.11 Å². The molecule has 0 fully saturated rings. The van der Waals surface area contributed by atoms with Crippen LogP contribution in [-0.2, 0) is 4.74 Å². The summed E-state index contributed by atoms with van der Waals surface area (Å²) in [7, 11) is 1.73. The fraction of sp³-hybridized carbons (Fsp3) is 0.400. The van der Waals surface area contributed by atoms with Gasteiger partial charge in [0, 0.05) is 7.11 Å². The van der Waals surface area contributed by atoms with Gasteiger partial charge in [-0.3, -0.25) is 0 Å². The molecule has 1 aromatic carbocycles. The molecule has 0 aliphatic rings. The molecule has 0 heterocycles. The average molecular weight is 149 g/mol. The van der Waals surface area contributed by atoms with Gasteiger partial charge in [-0.2, -0.15) is 0 Å². The lowest BCUT2D eigenvalue weighted by Gasteiger charge is -2.11. The zero-order valence-electron chi connectivity index (χ0n) is 7.00. The maximum Gasteiger partial charge on any atom is 0.0824 e. The Kier molecular flexibility index (Phi) is 3.12. The molecule has 0 amide bonds. The van der Waals surface area contributed by atoms with Crippen LogP contribution in [0.15, 0.2) is 24.3 Å². The van der Waals surface area contributed by atoms with Gasteiger partial charge in [0.15, 0.2) is 0 Å². The van der Waals surface area contributed by atoms with Gasteiger partial charge in [0.1, 0.15) is 0 Å². The molecule has 0 aromatic heterocycles. The average Bonchev–Trinajstić information content (AvgIpc) is 2.09. The Morgan fingerprint density at radius 3 is 2.82 bits per heavy atom. The van der Waals surface area contributed by atoms with Crippen molar-refractivity contribution < 1.29 is 4.74 Å². The van der Waals surface area contributed by atoms with Crippen molar-refractivity contribution in [2.75, 3.05) is 7.11 Å². The van der Waals surface area contributed by atoms with Crippen LogP contribution in [0.1, 0.15) is 25.0 Å². The van der Waals surface area contributed by atoms with Gasteiger partial charge in [-0.25, -0.2) is 0 Å². The molecule has 1 rings (SSSR count). The van der Waals surface area contributed by atoms with E-state index in [1.807, 2.05) is 24.3 Å². The van der Waals surface area contributed by atoms with Crippen molar-refractivity contribution >= 4 is 0 Å². The van der Waals surface area contributed by atoms with E-state index in [4.69, 9.17) is 4.74 Å². The summed E-state index contributed by atoms with van der Waals surface area (Å²) < 4.78 is 5.25. The predicted molar refractivity (Wildman–Crippen MR) is 45.3 cm³/mol. The minimum atomic E-state index is 0.205. The molecule has 0 aliphatic carbocycles. The van der Waals surface area contributed by atoms with Gasteiger partial charge in [-0.05, 0) is 18.1 Å². The Bertz CT molecular complexity index is 189. The summed E-state index contributed by atoms with van der Waals surface area (Å²) in [5, 5.41) is 0. The Morgan fingerprint density at radius 1 is 1.55 bits per heavy atom. The van der Waals surface area contributed by atoms with Crippen LogP contribution in [0.25, 0.3) is 0 Å². The van der Waals surface area contributed by atoms with Crippen LogP contribution in [0.3, 0.4) is 0 Å². The van der Waals surface area contributed by atoms with Gasteiger partial charge < -0.3 is 4.74 Å². The molecule has 1 unspecified atom stereocenters. The molecular formula is C10H13O. The lowest BCUT2D eigenvalue weighted by Crippen LogP contribution is -1.98. The molecule has 0 N–H and O–H groups in total. The molecule has 1 heteroatoms. The summed E-state index contributed by atoms with van der Waals surface area (Å²) >= 11 is 0. The number of benzene rings is 1. The maximum atomic E-state index is 5.25. The van der Waals surface area contributed by atoms with E-state index in [1.165, 1.54) is 0 Å². The van der Waals surface area contributed by atoms with Crippen LogP contribution in [0.2, 0.25) is 0 Å². The van der Waals surface area contributed by atoms with Crippen LogP contribution >= 0.6 is 0 Å². The first-order chi connectivity index (χ1) is 5.38. The second kappa shape index (κ2) is 4.14. The Labute approximate surface area is 68.0 Å². The quantitative estimate of drug-likeness (QED) is 0.641. The molecule has 0 spiro atoms.